The molecule has 1 aromatic carbocycles. The molecule has 0 spiro atoms. The third-order valence-electron chi connectivity index (χ3n) is 4.61. The molecular weight excluding hydrogens is 310 g/mol. The third kappa shape index (κ3) is 4.84. The van der Waals surface area contributed by atoms with Crippen molar-refractivity contribution in [1.82, 2.24) is 20.0 Å². The Kier molecular flexibility index (Phi) is 6.09. The number of piperidine rings is 1. The van der Waals surface area contributed by atoms with Gasteiger partial charge in [0.25, 0.3) is 0 Å². The number of hydrogen-bond donors (Lipinski definition) is 1. The van der Waals surface area contributed by atoms with Crippen LogP contribution < -0.4 is 5.32 Å². The van der Waals surface area contributed by atoms with E-state index >= 15 is 0 Å². The molecule has 1 unspecified atom stereocenters. The number of aromatic nitrogens is 2. The van der Waals surface area contributed by atoms with Crippen LogP contribution in [0.3, 0.4) is 0 Å². The highest BCUT2D eigenvalue weighted by Crippen LogP contribution is 2.15. The van der Waals surface area contributed by atoms with Crippen molar-refractivity contribution in [2.24, 2.45) is 10.9 Å². The average molecular weight is 339 g/mol. The van der Waals surface area contributed by atoms with Gasteiger partial charge < -0.3 is 10.2 Å². The number of benzene rings is 1. The summed E-state index contributed by atoms with van der Waals surface area (Å²) in [5, 5.41) is 7.91. The second kappa shape index (κ2) is 8.70. The lowest BCUT2D eigenvalue weighted by molar-refractivity contribution is 0.266. The molecule has 0 radical (unpaired) electrons. The van der Waals surface area contributed by atoms with Crippen LogP contribution in [0.25, 0.3) is 5.69 Å². The molecule has 25 heavy (non-hydrogen) atoms. The summed E-state index contributed by atoms with van der Waals surface area (Å²) in [5.41, 5.74) is 2.31. The summed E-state index contributed by atoms with van der Waals surface area (Å²) >= 11 is 0. The molecule has 5 nitrogen and oxygen atoms in total. The van der Waals surface area contributed by atoms with E-state index in [0.717, 1.165) is 50.2 Å². The first-order chi connectivity index (χ1) is 12.3. The molecule has 1 aliphatic rings. The largest absolute Gasteiger partial charge is 0.357 e. The van der Waals surface area contributed by atoms with E-state index in [2.05, 4.69) is 47.5 Å². The van der Waals surface area contributed by atoms with Gasteiger partial charge in [0.1, 0.15) is 0 Å². The van der Waals surface area contributed by atoms with Gasteiger partial charge in [-0.1, -0.05) is 25.1 Å². The summed E-state index contributed by atoms with van der Waals surface area (Å²) in [6, 6.07) is 10.2. The van der Waals surface area contributed by atoms with E-state index in [-0.39, 0.29) is 0 Å². The zero-order chi connectivity index (χ0) is 17.5. The number of guanidine groups is 1. The van der Waals surface area contributed by atoms with Crippen LogP contribution in [0.15, 0.2) is 47.7 Å². The SMILES string of the molecule is CCNC(=NCCc1cnn(-c2ccccc2)c1)N1CCCC(C)C1. The number of nitrogens with one attached hydrogen (secondary N) is 1. The zero-order valence-corrected chi connectivity index (χ0v) is 15.4. The molecule has 1 saturated heterocycles. The minimum Gasteiger partial charge on any atom is -0.357 e. The quantitative estimate of drug-likeness (QED) is 0.672. The fourth-order valence-electron chi connectivity index (χ4n) is 3.31. The Labute approximate surface area is 150 Å². The van der Waals surface area contributed by atoms with E-state index < -0.39 is 0 Å². The monoisotopic (exact) mass is 339 g/mol. The lowest BCUT2D eigenvalue weighted by Gasteiger charge is -2.33. The summed E-state index contributed by atoms with van der Waals surface area (Å²) in [6.45, 7) is 8.38. The Morgan fingerprint density at radius 1 is 1.32 bits per heavy atom. The molecule has 1 atom stereocenters. The number of rotatable bonds is 5. The van der Waals surface area contributed by atoms with Gasteiger partial charge in [-0.2, -0.15) is 5.10 Å². The highest BCUT2D eigenvalue weighted by atomic mass is 15.3. The molecule has 0 aliphatic carbocycles. The standard InChI is InChI=1S/C20H29N5/c1-3-21-20(24-13-7-8-17(2)15-24)22-12-11-18-14-23-25(16-18)19-9-5-4-6-10-19/h4-6,9-10,14,16-17H,3,7-8,11-13,15H2,1-2H3,(H,21,22). The minimum atomic E-state index is 0.752. The highest BCUT2D eigenvalue weighted by Gasteiger charge is 2.18. The normalized spacial score (nSPS) is 18.4. The summed E-state index contributed by atoms with van der Waals surface area (Å²) in [6.07, 6.45) is 7.54. The van der Waals surface area contributed by atoms with Gasteiger partial charge >= 0.3 is 0 Å². The first kappa shape index (κ1) is 17.5. The van der Waals surface area contributed by atoms with E-state index in [1.165, 1.54) is 18.4 Å². The van der Waals surface area contributed by atoms with Gasteiger partial charge in [0.15, 0.2) is 5.96 Å². The van der Waals surface area contributed by atoms with Crippen molar-refractivity contribution in [3.63, 3.8) is 0 Å². The minimum absolute atomic E-state index is 0.752. The molecular formula is C20H29N5. The maximum atomic E-state index is 4.84. The Hall–Kier alpha value is -2.30. The second-order valence-electron chi connectivity index (χ2n) is 6.81. The van der Waals surface area contributed by atoms with Gasteiger partial charge in [-0.05, 0) is 49.8 Å². The van der Waals surface area contributed by atoms with Gasteiger partial charge in [-0.15, -0.1) is 0 Å². The van der Waals surface area contributed by atoms with E-state index in [4.69, 9.17) is 4.99 Å². The predicted molar refractivity (Wildman–Crippen MR) is 103 cm³/mol. The van der Waals surface area contributed by atoms with Crippen LogP contribution in [0.4, 0.5) is 0 Å². The molecule has 5 heteroatoms. The van der Waals surface area contributed by atoms with Crippen molar-refractivity contribution in [2.45, 2.75) is 33.1 Å². The molecule has 2 aromatic rings. The maximum absolute atomic E-state index is 4.84. The fourth-order valence-corrected chi connectivity index (χ4v) is 3.31. The Bertz CT molecular complexity index is 676. The van der Waals surface area contributed by atoms with Gasteiger partial charge in [0.05, 0.1) is 11.9 Å². The lowest BCUT2D eigenvalue weighted by Crippen LogP contribution is -2.46. The van der Waals surface area contributed by atoms with Crippen LogP contribution in [0.1, 0.15) is 32.3 Å². The topological polar surface area (TPSA) is 45.5 Å². The summed E-state index contributed by atoms with van der Waals surface area (Å²) in [5.74, 6) is 1.81. The third-order valence-corrected chi connectivity index (χ3v) is 4.61. The van der Waals surface area contributed by atoms with E-state index in [9.17, 15) is 0 Å². The van der Waals surface area contributed by atoms with Crippen molar-refractivity contribution in [3.05, 3.63) is 48.3 Å². The molecule has 134 valence electrons. The number of para-hydroxylation sites is 1. The van der Waals surface area contributed by atoms with Crippen molar-refractivity contribution in [2.75, 3.05) is 26.2 Å². The van der Waals surface area contributed by atoms with Gasteiger partial charge in [0.2, 0.25) is 0 Å². The van der Waals surface area contributed by atoms with E-state index in [1.54, 1.807) is 0 Å². The highest BCUT2D eigenvalue weighted by molar-refractivity contribution is 5.80. The van der Waals surface area contributed by atoms with Crippen LogP contribution in [0.5, 0.6) is 0 Å². The molecule has 2 heterocycles. The molecule has 0 amide bonds. The van der Waals surface area contributed by atoms with Crippen molar-refractivity contribution >= 4 is 5.96 Å². The molecule has 0 bridgehead atoms. The van der Waals surface area contributed by atoms with E-state index in [0.29, 0.717) is 0 Å². The molecule has 1 N–H and O–H groups in total. The Balaban J connectivity index is 1.59. The molecule has 1 aliphatic heterocycles. The molecule has 3 rings (SSSR count). The molecule has 1 fully saturated rings. The number of aliphatic imine (C=N–C) groups is 1. The van der Waals surface area contributed by atoms with Crippen molar-refractivity contribution in [1.29, 1.82) is 0 Å². The van der Waals surface area contributed by atoms with Crippen LogP contribution in [-0.2, 0) is 6.42 Å². The first-order valence-corrected chi connectivity index (χ1v) is 9.38. The fraction of sp³-hybridized carbons (Fsp3) is 0.500. The van der Waals surface area contributed by atoms with Gasteiger partial charge in [-0.25, -0.2) is 4.68 Å². The maximum Gasteiger partial charge on any atom is 0.193 e. The number of nitrogens with zero attached hydrogens (tertiary/aromatic N) is 4. The smallest absolute Gasteiger partial charge is 0.193 e. The average Bonchev–Trinajstić information content (AvgIpc) is 3.11. The molecule has 1 aromatic heterocycles. The summed E-state index contributed by atoms with van der Waals surface area (Å²) in [4.78, 5) is 7.25. The van der Waals surface area contributed by atoms with Crippen molar-refractivity contribution < 1.29 is 0 Å². The first-order valence-electron chi connectivity index (χ1n) is 9.38. The van der Waals surface area contributed by atoms with E-state index in [1.807, 2.05) is 29.1 Å². The predicted octanol–water partition coefficient (Wildman–Crippen LogP) is 3.11. The summed E-state index contributed by atoms with van der Waals surface area (Å²) in [7, 11) is 0. The molecule has 0 saturated carbocycles. The van der Waals surface area contributed by atoms with Gasteiger partial charge in [-0.3, -0.25) is 4.99 Å². The van der Waals surface area contributed by atoms with Crippen LogP contribution in [0, 0.1) is 5.92 Å². The summed E-state index contributed by atoms with van der Waals surface area (Å²) < 4.78 is 1.93. The second-order valence-corrected chi connectivity index (χ2v) is 6.81. The number of hydrogen-bond acceptors (Lipinski definition) is 2. The van der Waals surface area contributed by atoms with Crippen molar-refractivity contribution in [3.8, 4) is 5.69 Å². The van der Waals surface area contributed by atoms with Crippen LogP contribution in [-0.4, -0.2) is 46.8 Å². The Morgan fingerprint density at radius 3 is 2.92 bits per heavy atom. The van der Waals surface area contributed by atoms with Crippen LogP contribution >= 0.6 is 0 Å². The lowest BCUT2D eigenvalue weighted by atomic mass is 10.0. The van der Waals surface area contributed by atoms with Gasteiger partial charge in [0, 0.05) is 32.4 Å². The van der Waals surface area contributed by atoms with Crippen LogP contribution in [0.2, 0.25) is 0 Å². The Morgan fingerprint density at radius 2 is 2.16 bits per heavy atom. The number of likely N-dealkylation sites (tertiary alicyclic amines) is 1. The zero-order valence-electron chi connectivity index (χ0n) is 15.4.